The Hall–Kier alpha value is -2.13. The van der Waals surface area contributed by atoms with Crippen molar-refractivity contribution in [1.29, 1.82) is 0 Å². The molecule has 142 valence electrons. The van der Waals surface area contributed by atoms with Gasteiger partial charge in [-0.1, -0.05) is 17.7 Å². The van der Waals surface area contributed by atoms with Gasteiger partial charge in [0.05, 0.1) is 29.5 Å². The molecule has 0 aliphatic carbocycles. The van der Waals surface area contributed by atoms with Gasteiger partial charge in [-0.05, 0) is 30.7 Å². The van der Waals surface area contributed by atoms with Gasteiger partial charge in [0.15, 0.2) is 5.75 Å². The second-order valence-corrected chi connectivity index (χ2v) is 8.66. The summed E-state index contributed by atoms with van der Waals surface area (Å²) < 4.78 is 38.3. The predicted octanol–water partition coefficient (Wildman–Crippen LogP) is 3.03. The first-order valence-electron chi connectivity index (χ1n) is 8.37. The van der Waals surface area contributed by atoms with Crippen LogP contribution in [0.15, 0.2) is 35.2 Å². The lowest BCUT2D eigenvalue weighted by Crippen LogP contribution is -2.40. The molecule has 4 rings (SSSR count). The van der Waals surface area contributed by atoms with E-state index in [1.807, 2.05) is 13.0 Å². The maximum Gasteiger partial charge on any atom is 0.259 e. The van der Waals surface area contributed by atoms with Crippen LogP contribution >= 0.6 is 11.6 Å². The molecule has 9 heteroatoms. The number of ether oxygens (including phenoxy) is 2. The van der Waals surface area contributed by atoms with E-state index in [-0.39, 0.29) is 34.3 Å². The smallest absolute Gasteiger partial charge is 0.259 e. The van der Waals surface area contributed by atoms with Crippen LogP contribution in [0.5, 0.6) is 11.5 Å². The van der Waals surface area contributed by atoms with E-state index in [0.717, 1.165) is 5.56 Å². The summed E-state index contributed by atoms with van der Waals surface area (Å²) >= 11 is 6.28. The molecule has 1 fully saturated rings. The summed E-state index contributed by atoms with van der Waals surface area (Å²) in [6, 6.07) is 8.02. The summed E-state index contributed by atoms with van der Waals surface area (Å²) in [4.78, 5) is 12.5. The van der Waals surface area contributed by atoms with Crippen LogP contribution in [0.2, 0.25) is 5.02 Å². The Morgan fingerprint density at radius 2 is 1.85 bits per heavy atom. The number of nitrogens with one attached hydrogen (secondary N) is 1. The average molecular weight is 409 g/mol. The van der Waals surface area contributed by atoms with E-state index in [2.05, 4.69) is 5.32 Å². The quantitative estimate of drug-likeness (QED) is 0.825. The lowest BCUT2D eigenvalue weighted by Gasteiger charge is -2.26. The van der Waals surface area contributed by atoms with Gasteiger partial charge in [0.25, 0.3) is 5.91 Å². The third-order valence-corrected chi connectivity index (χ3v) is 6.84. The van der Waals surface area contributed by atoms with E-state index in [0.29, 0.717) is 24.7 Å². The van der Waals surface area contributed by atoms with Crippen LogP contribution in [0.3, 0.4) is 0 Å². The van der Waals surface area contributed by atoms with Gasteiger partial charge < -0.3 is 14.8 Å². The highest BCUT2D eigenvalue weighted by atomic mass is 35.5. The molecule has 2 heterocycles. The lowest BCUT2D eigenvalue weighted by atomic mass is 10.2. The van der Waals surface area contributed by atoms with Gasteiger partial charge in [-0.25, -0.2) is 8.42 Å². The first-order chi connectivity index (χ1) is 12.9. The van der Waals surface area contributed by atoms with Crippen molar-refractivity contribution in [3.05, 3.63) is 46.5 Å². The molecule has 7 nitrogen and oxygen atoms in total. The maximum absolute atomic E-state index is 13.0. The fraction of sp³-hybridized carbons (Fsp3) is 0.278. The summed E-state index contributed by atoms with van der Waals surface area (Å²) in [5.41, 5.74) is 1.58. The summed E-state index contributed by atoms with van der Waals surface area (Å²) in [5, 5.41) is 2.75. The van der Waals surface area contributed by atoms with Crippen molar-refractivity contribution in [3.63, 3.8) is 0 Å². The van der Waals surface area contributed by atoms with Crippen LogP contribution in [0.4, 0.5) is 5.69 Å². The number of halogens is 1. The first kappa shape index (κ1) is 18.2. The number of carbonyl (C=O) groups excluding carboxylic acids is 1. The van der Waals surface area contributed by atoms with Crippen LogP contribution in [-0.2, 0) is 14.8 Å². The Balaban J connectivity index is 1.79. The zero-order valence-corrected chi connectivity index (χ0v) is 16.1. The van der Waals surface area contributed by atoms with E-state index in [1.54, 1.807) is 12.1 Å². The molecule has 2 aromatic rings. The maximum atomic E-state index is 13.0. The predicted molar refractivity (Wildman–Crippen MR) is 100 cm³/mol. The van der Waals surface area contributed by atoms with Crippen molar-refractivity contribution in [1.82, 2.24) is 4.31 Å². The highest BCUT2D eigenvalue weighted by Gasteiger charge is 2.31. The van der Waals surface area contributed by atoms with Gasteiger partial charge in [0, 0.05) is 19.2 Å². The molecule has 0 saturated carbocycles. The summed E-state index contributed by atoms with van der Waals surface area (Å²) in [5.74, 6) is 0.229. The van der Waals surface area contributed by atoms with Crippen molar-refractivity contribution in [2.24, 2.45) is 0 Å². The van der Waals surface area contributed by atoms with Crippen molar-refractivity contribution < 1.29 is 22.7 Å². The number of amides is 1. The van der Waals surface area contributed by atoms with E-state index >= 15 is 0 Å². The zero-order valence-electron chi connectivity index (χ0n) is 14.5. The molecule has 0 bridgehead atoms. The molecule has 1 amide bonds. The molecule has 2 aliphatic heterocycles. The minimum absolute atomic E-state index is 0.00384. The minimum Gasteiger partial charge on any atom is -0.454 e. The van der Waals surface area contributed by atoms with Gasteiger partial charge >= 0.3 is 0 Å². The molecular weight excluding hydrogens is 392 g/mol. The van der Waals surface area contributed by atoms with Crippen molar-refractivity contribution in [2.45, 2.75) is 11.8 Å². The van der Waals surface area contributed by atoms with Crippen molar-refractivity contribution in [2.75, 3.05) is 31.6 Å². The number of benzene rings is 2. The normalized spacial score (nSPS) is 17.3. The number of hydrogen-bond donors (Lipinski definition) is 1. The number of nitrogens with zero attached hydrogens (tertiary/aromatic N) is 1. The van der Waals surface area contributed by atoms with Gasteiger partial charge in [0.1, 0.15) is 10.6 Å². The Bertz CT molecular complexity index is 1030. The van der Waals surface area contributed by atoms with Crippen LogP contribution in [0, 0.1) is 6.92 Å². The highest BCUT2D eigenvalue weighted by Crippen LogP contribution is 2.40. The van der Waals surface area contributed by atoms with E-state index < -0.39 is 15.9 Å². The summed E-state index contributed by atoms with van der Waals surface area (Å²) in [6.45, 7) is 3.02. The number of rotatable bonds is 2. The molecule has 0 radical (unpaired) electrons. The molecule has 0 spiro atoms. The van der Waals surface area contributed by atoms with E-state index in [4.69, 9.17) is 21.1 Å². The Morgan fingerprint density at radius 1 is 1.11 bits per heavy atom. The Labute approximate surface area is 161 Å². The number of hydrogen-bond acceptors (Lipinski definition) is 5. The first-order valence-corrected chi connectivity index (χ1v) is 10.2. The standard InChI is InChI=1S/C18H17ClN2O5S/c1-11-2-3-14-16(8-11)26-15-10-13(19)17(9-12(15)18(22)20-14)27(23,24)21-4-6-25-7-5-21/h2-3,8-10H,4-7H2,1H3,(H,20,22). The number of morpholine rings is 1. The second-order valence-electron chi connectivity index (χ2n) is 6.35. The molecule has 0 unspecified atom stereocenters. The third-order valence-electron chi connectivity index (χ3n) is 4.47. The zero-order chi connectivity index (χ0) is 19.2. The molecular formula is C18H17ClN2O5S. The second kappa shape index (κ2) is 6.79. The van der Waals surface area contributed by atoms with Gasteiger partial charge in [-0.2, -0.15) is 4.31 Å². The van der Waals surface area contributed by atoms with Crippen LogP contribution in [0.1, 0.15) is 15.9 Å². The molecule has 0 aromatic heterocycles. The summed E-state index contributed by atoms with van der Waals surface area (Å²) in [7, 11) is -3.85. The Morgan fingerprint density at radius 3 is 2.59 bits per heavy atom. The SMILES string of the molecule is Cc1ccc2c(c1)Oc1cc(Cl)c(S(=O)(=O)N3CCOCC3)cc1C(=O)N2. The number of aryl methyl sites for hydroxylation is 1. The van der Waals surface area contributed by atoms with Crippen LogP contribution in [-0.4, -0.2) is 44.9 Å². The van der Waals surface area contributed by atoms with Gasteiger partial charge in [-0.3, -0.25) is 4.79 Å². The van der Waals surface area contributed by atoms with Crippen LogP contribution < -0.4 is 10.1 Å². The molecule has 0 atom stereocenters. The average Bonchev–Trinajstić information content (AvgIpc) is 2.77. The minimum atomic E-state index is -3.85. The van der Waals surface area contributed by atoms with Gasteiger partial charge in [0.2, 0.25) is 10.0 Å². The molecule has 1 saturated heterocycles. The number of sulfonamides is 1. The fourth-order valence-corrected chi connectivity index (χ4v) is 4.97. The highest BCUT2D eigenvalue weighted by molar-refractivity contribution is 7.89. The fourth-order valence-electron chi connectivity index (χ4n) is 3.05. The lowest BCUT2D eigenvalue weighted by molar-refractivity contribution is 0.0730. The number of carbonyl (C=O) groups is 1. The van der Waals surface area contributed by atoms with Crippen molar-refractivity contribution >= 4 is 33.2 Å². The molecule has 1 N–H and O–H groups in total. The van der Waals surface area contributed by atoms with Crippen LogP contribution in [0.25, 0.3) is 0 Å². The largest absolute Gasteiger partial charge is 0.454 e. The third kappa shape index (κ3) is 3.29. The van der Waals surface area contributed by atoms with Gasteiger partial charge in [-0.15, -0.1) is 0 Å². The Kier molecular flexibility index (Phi) is 4.59. The molecule has 2 aliphatic rings. The monoisotopic (exact) mass is 408 g/mol. The van der Waals surface area contributed by atoms with E-state index in [9.17, 15) is 13.2 Å². The van der Waals surface area contributed by atoms with E-state index in [1.165, 1.54) is 16.4 Å². The summed E-state index contributed by atoms with van der Waals surface area (Å²) in [6.07, 6.45) is 0. The topological polar surface area (TPSA) is 84.9 Å². The number of anilines is 1. The molecule has 2 aromatic carbocycles. The van der Waals surface area contributed by atoms with Crippen molar-refractivity contribution in [3.8, 4) is 11.5 Å². The number of fused-ring (bicyclic) bond motifs is 2. The molecule has 27 heavy (non-hydrogen) atoms.